The Morgan fingerprint density at radius 2 is 1.95 bits per heavy atom. The highest BCUT2D eigenvalue weighted by molar-refractivity contribution is 6.34. The first-order valence-corrected chi connectivity index (χ1v) is 14.1. The molecule has 3 unspecified atom stereocenters. The number of alkyl halides is 1. The number of likely N-dealkylation sites (N-methyl/N-ethyl adjacent to an activating group) is 1. The fourth-order valence-electron chi connectivity index (χ4n) is 6.38. The van der Waals surface area contributed by atoms with Gasteiger partial charge in [0.05, 0.1) is 12.0 Å². The van der Waals surface area contributed by atoms with Gasteiger partial charge in [0.1, 0.15) is 17.8 Å². The molecule has 2 bridgehead atoms. The minimum Gasteiger partial charge on any atom is -0.501 e. The minimum absolute atomic E-state index is 0.0305. The molecule has 14 heteroatoms. The van der Waals surface area contributed by atoms with E-state index in [-0.39, 0.29) is 63.6 Å². The maximum Gasteiger partial charge on any atom is 0.311 e. The first kappa shape index (κ1) is 30.1. The molecule has 2 fully saturated rings. The molecule has 3 aliphatic heterocycles. The quantitative estimate of drug-likeness (QED) is 0.428. The number of amides is 4. The van der Waals surface area contributed by atoms with Crippen LogP contribution in [0.4, 0.5) is 8.78 Å². The van der Waals surface area contributed by atoms with Gasteiger partial charge in [-0.25, -0.2) is 13.8 Å². The monoisotopic (exact) mass is 600 g/mol. The molecule has 12 nitrogen and oxygen atoms in total. The van der Waals surface area contributed by atoms with Crippen LogP contribution in [0.1, 0.15) is 59.0 Å². The van der Waals surface area contributed by atoms with Gasteiger partial charge in [0.2, 0.25) is 11.7 Å². The smallest absolute Gasteiger partial charge is 0.311 e. The summed E-state index contributed by atoms with van der Waals surface area (Å²) in [6, 6.07) is 3.49. The van der Waals surface area contributed by atoms with Crippen LogP contribution in [0, 0.1) is 18.2 Å². The van der Waals surface area contributed by atoms with Crippen LogP contribution in [0.15, 0.2) is 23.0 Å². The average Bonchev–Trinajstić information content (AvgIpc) is 3.28. The molecule has 230 valence electrons. The predicted molar refractivity (Wildman–Crippen MR) is 148 cm³/mol. The van der Waals surface area contributed by atoms with E-state index >= 15 is 0 Å². The lowest BCUT2D eigenvalue weighted by atomic mass is 9.68. The molecular weight excluding hydrogens is 566 g/mol. The minimum atomic E-state index is -1.24. The molecule has 4 amide bonds. The van der Waals surface area contributed by atoms with Crippen molar-refractivity contribution in [2.75, 3.05) is 27.2 Å². The second-order valence-corrected chi connectivity index (χ2v) is 11.9. The standard InChI is InChI=1S/C29H34F2N6O6/c1-15-10-16(4-5-19(15)31)12-32-24(39)21-22(38)26(41)37-14-29(28(43)36-9-7-17(30)13-36)8-6-18(23(37)34-21)20(11-29)33-25(40)27(42)35(2)3/h4-5,10,17-18,20,38H,6-9,11-14H2,1-3H3,(H,32,39)(H,33,40)/t17-,18?,20?,29?/m0/s1. The van der Waals surface area contributed by atoms with Gasteiger partial charge < -0.3 is 25.5 Å². The number of halogens is 2. The van der Waals surface area contributed by atoms with Gasteiger partial charge in [0.25, 0.3) is 11.5 Å². The highest BCUT2D eigenvalue weighted by Gasteiger charge is 2.54. The van der Waals surface area contributed by atoms with E-state index in [1.165, 1.54) is 31.1 Å². The first-order valence-electron chi connectivity index (χ1n) is 14.1. The molecule has 4 atom stereocenters. The Labute approximate surface area is 246 Å². The molecule has 1 saturated carbocycles. The van der Waals surface area contributed by atoms with Crippen molar-refractivity contribution in [3.63, 3.8) is 0 Å². The van der Waals surface area contributed by atoms with Gasteiger partial charge in [0, 0.05) is 45.7 Å². The van der Waals surface area contributed by atoms with Gasteiger partial charge in [-0.2, -0.15) is 0 Å². The number of aryl methyl sites for hydroxylation is 1. The van der Waals surface area contributed by atoms with Crippen LogP contribution in [0.25, 0.3) is 0 Å². The fourth-order valence-corrected chi connectivity index (χ4v) is 6.38. The number of carbonyl (C=O) groups excluding carboxylic acids is 4. The van der Waals surface area contributed by atoms with Crippen molar-refractivity contribution in [3.05, 3.63) is 57.0 Å². The Bertz CT molecular complexity index is 1560. The summed E-state index contributed by atoms with van der Waals surface area (Å²) in [6.45, 7) is 1.47. The number of fused-ring (bicyclic) bond motifs is 2. The molecule has 1 aromatic carbocycles. The van der Waals surface area contributed by atoms with Crippen LogP contribution in [0.2, 0.25) is 0 Å². The van der Waals surface area contributed by atoms with Crippen molar-refractivity contribution in [1.82, 2.24) is 30.0 Å². The topological polar surface area (TPSA) is 154 Å². The molecular formula is C29H34F2N6O6. The van der Waals surface area contributed by atoms with Gasteiger partial charge in [-0.05, 0) is 49.8 Å². The number of nitrogens with one attached hydrogen (secondary N) is 2. The summed E-state index contributed by atoms with van der Waals surface area (Å²) >= 11 is 0. The van der Waals surface area contributed by atoms with Gasteiger partial charge in [-0.3, -0.25) is 28.5 Å². The number of hydrogen-bond acceptors (Lipinski definition) is 7. The molecule has 2 aromatic rings. The lowest BCUT2D eigenvalue weighted by Crippen LogP contribution is -2.54. The number of aromatic nitrogens is 2. The Hall–Kier alpha value is -4.36. The maximum atomic E-state index is 14.1. The predicted octanol–water partition coefficient (Wildman–Crippen LogP) is 0.737. The normalized spacial score (nSPS) is 24.2. The van der Waals surface area contributed by atoms with Gasteiger partial charge >= 0.3 is 11.8 Å². The van der Waals surface area contributed by atoms with Crippen molar-refractivity contribution >= 4 is 23.6 Å². The lowest BCUT2D eigenvalue weighted by Gasteiger charge is -2.41. The van der Waals surface area contributed by atoms with Crippen molar-refractivity contribution in [3.8, 4) is 5.75 Å². The van der Waals surface area contributed by atoms with Gasteiger partial charge in [0.15, 0.2) is 5.69 Å². The highest BCUT2D eigenvalue weighted by atomic mass is 19.1. The summed E-state index contributed by atoms with van der Waals surface area (Å²) in [5, 5.41) is 16.1. The molecule has 0 spiro atoms. The van der Waals surface area contributed by atoms with Crippen molar-refractivity contribution in [2.45, 2.75) is 63.8 Å². The van der Waals surface area contributed by atoms with E-state index in [0.717, 1.165) is 9.47 Å². The first-order chi connectivity index (χ1) is 20.3. The van der Waals surface area contributed by atoms with Crippen molar-refractivity contribution < 1.29 is 33.1 Å². The Kier molecular flexibility index (Phi) is 7.97. The number of nitrogens with zero attached hydrogens (tertiary/aromatic N) is 4. The molecule has 1 aliphatic carbocycles. The van der Waals surface area contributed by atoms with Crippen LogP contribution in [-0.2, 0) is 27.5 Å². The zero-order valence-corrected chi connectivity index (χ0v) is 24.2. The van der Waals surface area contributed by atoms with Crippen LogP contribution in [0.3, 0.4) is 0 Å². The Morgan fingerprint density at radius 3 is 2.60 bits per heavy atom. The average molecular weight is 601 g/mol. The summed E-state index contributed by atoms with van der Waals surface area (Å²) < 4.78 is 28.9. The second kappa shape index (κ2) is 11.4. The van der Waals surface area contributed by atoms with Crippen molar-refractivity contribution in [1.29, 1.82) is 0 Å². The number of rotatable bonds is 5. The van der Waals surface area contributed by atoms with E-state index in [0.29, 0.717) is 11.1 Å². The third-order valence-electron chi connectivity index (χ3n) is 8.68. The van der Waals surface area contributed by atoms with Crippen LogP contribution in [-0.4, -0.2) is 87.5 Å². The van der Waals surface area contributed by atoms with E-state index in [4.69, 9.17) is 0 Å². The van der Waals surface area contributed by atoms with Gasteiger partial charge in [-0.1, -0.05) is 12.1 Å². The summed E-state index contributed by atoms with van der Waals surface area (Å²) in [5.74, 6) is -4.84. The molecule has 1 saturated heterocycles. The van der Waals surface area contributed by atoms with Crippen LogP contribution >= 0.6 is 0 Å². The lowest BCUT2D eigenvalue weighted by molar-refractivity contribution is -0.147. The number of benzene rings is 1. The maximum absolute atomic E-state index is 14.1. The van der Waals surface area contributed by atoms with E-state index < -0.39 is 64.1 Å². The second-order valence-electron chi connectivity index (χ2n) is 11.9. The third kappa shape index (κ3) is 5.57. The number of hydrogen-bond donors (Lipinski definition) is 3. The Morgan fingerprint density at radius 1 is 1.21 bits per heavy atom. The van der Waals surface area contributed by atoms with Crippen LogP contribution < -0.4 is 16.2 Å². The molecule has 4 aliphatic rings. The summed E-state index contributed by atoms with van der Waals surface area (Å²) in [7, 11) is 2.84. The zero-order valence-electron chi connectivity index (χ0n) is 24.2. The zero-order chi connectivity index (χ0) is 31.2. The van der Waals surface area contributed by atoms with Gasteiger partial charge in [-0.15, -0.1) is 0 Å². The van der Waals surface area contributed by atoms with E-state index in [1.807, 2.05) is 0 Å². The van der Waals surface area contributed by atoms with Crippen LogP contribution in [0.5, 0.6) is 5.75 Å². The molecule has 4 heterocycles. The fraction of sp³-hybridized carbons (Fsp3) is 0.517. The Balaban J connectivity index is 1.52. The van der Waals surface area contributed by atoms with E-state index in [9.17, 15) is 37.9 Å². The number of likely N-dealkylation sites (tertiary alicyclic amines) is 1. The molecule has 1 aromatic heterocycles. The molecule has 3 N–H and O–H groups in total. The summed E-state index contributed by atoms with van der Waals surface area (Å²) in [4.78, 5) is 72.7. The summed E-state index contributed by atoms with van der Waals surface area (Å²) in [5.41, 5.74) is -1.74. The number of carbonyl (C=O) groups is 4. The molecule has 0 radical (unpaired) electrons. The highest BCUT2D eigenvalue weighted by Crippen LogP contribution is 2.48. The summed E-state index contributed by atoms with van der Waals surface area (Å²) in [6.07, 6.45) is -0.376. The molecule has 6 rings (SSSR count). The SMILES string of the molecule is Cc1cc(CNC(=O)c2nc3n(c(=O)c2O)CC2(C(=O)N4CC[C@H](F)C4)CCC3C(NC(=O)C(=O)N(C)C)C2)ccc1F. The van der Waals surface area contributed by atoms with E-state index in [2.05, 4.69) is 15.6 Å². The third-order valence-corrected chi connectivity index (χ3v) is 8.68. The largest absolute Gasteiger partial charge is 0.501 e. The molecule has 43 heavy (non-hydrogen) atoms. The van der Waals surface area contributed by atoms with Crippen molar-refractivity contribution in [2.24, 2.45) is 5.41 Å². The van der Waals surface area contributed by atoms with E-state index in [1.54, 1.807) is 13.0 Å². The number of aromatic hydroxyl groups is 1.